The number of hydrogen-bond acceptors (Lipinski definition) is 2. The largest absolute Gasteiger partial charge is 0.233 e. The molecule has 1 aliphatic rings. The number of quaternary nitrogens is 1. The first kappa shape index (κ1) is 8.13. The molecule has 1 aromatic carbocycles. The van der Waals surface area contributed by atoms with E-state index in [4.69, 9.17) is 0 Å². The average molecular weight is 174 g/mol. The lowest BCUT2D eigenvalue weighted by molar-refractivity contribution is 0.515. The summed E-state index contributed by atoms with van der Waals surface area (Å²) >= 11 is 0. The molecule has 1 heterocycles. The molecule has 0 spiro atoms. The van der Waals surface area contributed by atoms with Gasteiger partial charge in [0.2, 0.25) is 0 Å². The van der Waals surface area contributed by atoms with E-state index in [0.717, 1.165) is 6.67 Å². The van der Waals surface area contributed by atoms with Gasteiger partial charge >= 0.3 is 0 Å². The molecule has 1 aliphatic heterocycles. The van der Waals surface area contributed by atoms with Crippen molar-refractivity contribution >= 4 is 18.4 Å². The van der Waals surface area contributed by atoms with Crippen LogP contribution < -0.4 is 4.48 Å². The highest BCUT2D eigenvalue weighted by Crippen LogP contribution is 2.19. The van der Waals surface area contributed by atoms with Crippen LogP contribution in [-0.4, -0.2) is 26.4 Å². The summed E-state index contributed by atoms with van der Waals surface area (Å²) in [6, 6.07) is 10.3. The maximum absolute atomic E-state index is 4.16. The SMILES string of the molecule is C[N+]1(c2ccccc2)C=NC=NC1. The fraction of sp³-hybridized carbons (Fsp3) is 0.200. The Labute approximate surface area is 77.6 Å². The van der Waals surface area contributed by atoms with E-state index in [2.05, 4.69) is 29.2 Å². The highest BCUT2D eigenvalue weighted by Gasteiger charge is 2.23. The Bertz CT molecular complexity index is 342. The zero-order valence-electron chi connectivity index (χ0n) is 7.59. The van der Waals surface area contributed by atoms with E-state index in [-0.39, 0.29) is 0 Å². The van der Waals surface area contributed by atoms with E-state index >= 15 is 0 Å². The summed E-state index contributed by atoms with van der Waals surface area (Å²) in [6.45, 7) is 0.730. The van der Waals surface area contributed by atoms with Gasteiger partial charge in [0.15, 0.2) is 13.0 Å². The molecule has 0 saturated heterocycles. The van der Waals surface area contributed by atoms with Crippen LogP contribution in [0.15, 0.2) is 40.3 Å². The number of hydrogen-bond donors (Lipinski definition) is 0. The Kier molecular flexibility index (Phi) is 1.94. The van der Waals surface area contributed by atoms with Crippen molar-refractivity contribution in [2.45, 2.75) is 0 Å². The molecule has 0 fully saturated rings. The Hall–Kier alpha value is -1.48. The fourth-order valence-corrected chi connectivity index (χ4v) is 1.38. The third-order valence-corrected chi connectivity index (χ3v) is 2.19. The second-order valence-electron chi connectivity index (χ2n) is 3.31. The highest BCUT2D eigenvalue weighted by atomic mass is 15.4. The van der Waals surface area contributed by atoms with Crippen LogP contribution in [-0.2, 0) is 0 Å². The van der Waals surface area contributed by atoms with E-state index in [1.165, 1.54) is 5.69 Å². The van der Waals surface area contributed by atoms with Gasteiger partial charge in [-0.1, -0.05) is 18.2 Å². The fourth-order valence-electron chi connectivity index (χ4n) is 1.38. The van der Waals surface area contributed by atoms with E-state index in [1.54, 1.807) is 6.34 Å². The molecule has 0 aromatic heterocycles. The summed E-state index contributed by atoms with van der Waals surface area (Å²) < 4.78 is 0.650. The van der Waals surface area contributed by atoms with Gasteiger partial charge in [-0.25, -0.2) is 9.48 Å². The molecule has 0 saturated carbocycles. The number of nitrogens with zero attached hydrogens (tertiary/aromatic N) is 3. The maximum atomic E-state index is 4.16. The van der Waals surface area contributed by atoms with Crippen LogP contribution in [0.3, 0.4) is 0 Å². The lowest BCUT2D eigenvalue weighted by Crippen LogP contribution is -2.45. The first-order valence-electron chi connectivity index (χ1n) is 4.25. The molecular formula is C10H12N3+. The molecule has 3 heteroatoms. The van der Waals surface area contributed by atoms with Crippen LogP contribution in [0.1, 0.15) is 0 Å². The molecule has 1 aromatic rings. The molecule has 0 amide bonds. The molecular weight excluding hydrogens is 162 g/mol. The normalized spacial score (nSPS) is 26.2. The molecule has 2 rings (SSSR count). The summed E-state index contributed by atoms with van der Waals surface area (Å²) in [5, 5.41) is 0. The zero-order valence-corrected chi connectivity index (χ0v) is 7.59. The van der Waals surface area contributed by atoms with Gasteiger partial charge in [-0.05, 0) is 12.1 Å². The van der Waals surface area contributed by atoms with Crippen molar-refractivity contribution in [3.8, 4) is 0 Å². The molecule has 0 aliphatic carbocycles. The zero-order chi connectivity index (χ0) is 9.15. The van der Waals surface area contributed by atoms with Crippen LogP contribution in [0.4, 0.5) is 5.69 Å². The van der Waals surface area contributed by atoms with Crippen molar-refractivity contribution in [1.29, 1.82) is 0 Å². The van der Waals surface area contributed by atoms with E-state index in [0.29, 0.717) is 4.48 Å². The number of benzene rings is 1. The van der Waals surface area contributed by atoms with Gasteiger partial charge in [0.05, 0.1) is 7.05 Å². The first-order valence-corrected chi connectivity index (χ1v) is 4.25. The number of para-hydroxylation sites is 1. The topological polar surface area (TPSA) is 24.7 Å². The summed E-state index contributed by atoms with van der Waals surface area (Å²) in [6.07, 6.45) is 3.51. The Morgan fingerprint density at radius 3 is 2.62 bits per heavy atom. The quantitative estimate of drug-likeness (QED) is 0.578. The highest BCUT2D eigenvalue weighted by molar-refractivity contribution is 5.82. The van der Waals surface area contributed by atoms with Gasteiger partial charge in [0, 0.05) is 0 Å². The summed E-state index contributed by atoms with van der Waals surface area (Å²) in [5.74, 6) is 0. The monoisotopic (exact) mass is 174 g/mol. The molecule has 13 heavy (non-hydrogen) atoms. The lowest BCUT2D eigenvalue weighted by atomic mass is 10.3. The van der Waals surface area contributed by atoms with E-state index in [1.807, 2.05) is 24.5 Å². The van der Waals surface area contributed by atoms with Crippen molar-refractivity contribution in [3.05, 3.63) is 30.3 Å². The Morgan fingerprint density at radius 1 is 1.23 bits per heavy atom. The lowest BCUT2D eigenvalue weighted by Gasteiger charge is -2.27. The van der Waals surface area contributed by atoms with Crippen molar-refractivity contribution in [2.75, 3.05) is 13.7 Å². The van der Waals surface area contributed by atoms with Crippen LogP contribution in [0, 0.1) is 0 Å². The predicted octanol–water partition coefficient (Wildman–Crippen LogP) is 1.65. The first-order chi connectivity index (χ1) is 6.31. The van der Waals surface area contributed by atoms with Crippen LogP contribution >= 0.6 is 0 Å². The van der Waals surface area contributed by atoms with Gasteiger partial charge in [-0.3, -0.25) is 0 Å². The molecule has 3 nitrogen and oxygen atoms in total. The molecule has 0 radical (unpaired) electrons. The van der Waals surface area contributed by atoms with Crippen LogP contribution in [0.25, 0.3) is 0 Å². The van der Waals surface area contributed by atoms with Crippen molar-refractivity contribution in [3.63, 3.8) is 0 Å². The second kappa shape index (κ2) is 3.11. The van der Waals surface area contributed by atoms with Crippen LogP contribution in [0.5, 0.6) is 0 Å². The maximum Gasteiger partial charge on any atom is 0.197 e. The van der Waals surface area contributed by atoms with E-state index in [9.17, 15) is 0 Å². The molecule has 66 valence electrons. The minimum atomic E-state index is 0.650. The standard InChI is InChI=1S/C10H12N3/c1-13(8-11-7-12-9-13)10-5-3-2-4-6-10/h2-8H,9H2,1H3/q+1. The Balaban J connectivity index is 2.35. The summed E-state index contributed by atoms with van der Waals surface area (Å²) in [4.78, 5) is 8.22. The minimum absolute atomic E-state index is 0.650. The average Bonchev–Trinajstić information content (AvgIpc) is 2.20. The van der Waals surface area contributed by atoms with Crippen molar-refractivity contribution < 1.29 is 0 Å². The summed E-state index contributed by atoms with van der Waals surface area (Å²) in [5.41, 5.74) is 1.21. The molecule has 0 bridgehead atoms. The van der Waals surface area contributed by atoms with Crippen molar-refractivity contribution in [2.24, 2.45) is 9.98 Å². The van der Waals surface area contributed by atoms with Crippen LogP contribution in [0.2, 0.25) is 0 Å². The second-order valence-corrected chi connectivity index (χ2v) is 3.31. The van der Waals surface area contributed by atoms with Gasteiger partial charge in [-0.2, -0.15) is 4.99 Å². The Morgan fingerprint density at radius 2 is 2.00 bits per heavy atom. The van der Waals surface area contributed by atoms with Gasteiger partial charge in [-0.15, -0.1) is 0 Å². The molecule has 1 unspecified atom stereocenters. The van der Waals surface area contributed by atoms with E-state index < -0.39 is 0 Å². The number of rotatable bonds is 1. The summed E-state index contributed by atoms with van der Waals surface area (Å²) in [7, 11) is 2.09. The molecule has 0 N–H and O–H groups in total. The van der Waals surface area contributed by atoms with Crippen molar-refractivity contribution in [1.82, 2.24) is 4.48 Å². The predicted molar refractivity (Wildman–Crippen MR) is 56.0 cm³/mol. The minimum Gasteiger partial charge on any atom is -0.233 e. The van der Waals surface area contributed by atoms with Gasteiger partial charge < -0.3 is 0 Å². The third-order valence-electron chi connectivity index (χ3n) is 2.19. The van der Waals surface area contributed by atoms with Gasteiger partial charge in [0.1, 0.15) is 12.0 Å². The third kappa shape index (κ3) is 1.51. The number of aliphatic imine (C=N–C) groups is 2. The smallest absolute Gasteiger partial charge is 0.197 e. The molecule has 1 atom stereocenters. The van der Waals surface area contributed by atoms with Gasteiger partial charge in [0.25, 0.3) is 0 Å².